The van der Waals surface area contributed by atoms with Crippen molar-refractivity contribution in [1.82, 2.24) is 9.29 Å². The van der Waals surface area contributed by atoms with Crippen molar-refractivity contribution in [3.8, 4) is 0 Å². The van der Waals surface area contributed by atoms with Gasteiger partial charge < -0.3 is 4.74 Å². The molecule has 1 amide bonds. The fourth-order valence-electron chi connectivity index (χ4n) is 2.23. The number of sulfonamides is 1. The van der Waals surface area contributed by atoms with Crippen molar-refractivity contribution in [3.63, 3.8) is 0 Å². The van der Waals surface area contributed by atoms with Gasteiger partial charge in [0.1, 0.15) is 6.61 Å². The highest BCUT2D eigenvalue weighted by Gasteiger charge is 2.22. The number of benzene rings is 1. The van der Waals surface area contributed by atoms with Gasteiger partial charge >= 0.3 is 5.97 Å². The summed E-state index contributed by atoms with van der Waals surface area (Å²) < 4.78 is 30.7. The molecule has 2 rings (SSSR count). The Hall–Kier alpha value is -2.01. The average Bonchev–Trinajstić information content (AvgIpc) is 3.08. The third-order valence-electron chi connectivity index (χ3n) is 3.75. The van der Waals surface area contributed by atoms with Crippen LogP contribution in [0.25, 0.3) is 0 Å². The molecule has 1 aromatic heterocycles. The zero-order chi connectivity index (χ0) is 21.1. The SMILES string of the molecule is CCN(C(C)=O)c1nc(COC(=O)c2cc(S(=O)(=O)N(C)C)ccc2Cl)cs1. The van der Waals surface area contributed by atoms with E-state index in [0.29, 0.717) is 17.4 Å². The number of ether oxygens (including phenoxy) is 1. The smallest absolute Gasteiger partial charge is 0.340 e. The maximum Gasteiger partial charge on any atom is 0.340 e. The predicted molar refractivity (Wildman–Crippen MR) is 107 cm³/mol. The van der Waals surface area contributed by atoms with Gasteiger partial charge in [-0.1, -0.05) is 11.6 Å². The molecule has 0 spiro atoms. The molecule has 0 saturated carbocycles. The van der Waals surface area contributed by atoms with Crippen molar-refractivity contribution >= 4 is 50.0 Å². The minimum Gasteiger partial charge on any atom is -0.456 e. The third kappa shape index (κ3) is 4.88. The number of halogens is 1. The maximum absolute atomic E-state index is 12.4. The number of hydrogen-bond acceptors (Lipinski definition) is 7. The van der Waals surface area contributed by atoms with E-state index in [-0.39, 0.29) is 28.0 Å². The number of amides is 1. The fraction of sp³-hybridized carbons (Fsp3) is 0.353. The molecule has 0 atom stereocenters. The largest absolute Gasteiger partial charge is 0.456 e. The van der Waals surface area contributed by atoms with E-state index in [9.17, 15) is 18.0 Å². The van der Waals surface area contributed by atoms with Crippen molar-refractivity contribution in [3.05, 3.63) is 39.9 Å². The quantitative estimate of drug-likeness (QED) is 0.608. The highest BCUT2D eigenvalue weighted by molar-refractivity contribution is 7.89. The summed E-state index contributed by atoms with van der Waals surface area (Å²) in [6.45, 7) is 3.62. The summed E-state index contributed by atoms with van der Waals surface area (Å²) in [6, 6.07) is 3.84. The van der Waals surface area contributed by atoms with E-state index in [1.165, 1.54) is 55.5 Å². The van der Waals surface area contributed by atoms with E-state index in [4.69, 9.17) is 16.3 Å². The Morgan fingerprint density at radius 1 is 1.29 bits per heavy atom. The molecular formula is C17H20ClN3O5S2. The van der Waals surface area contributed by atoms with Gasteiger partial charge in [-0.05, 0) is 25.1 Å². The van der Waals surface area contributed by atoms with Crippen LogP contribution in [-0.4, -0.2) is 50.2 Å². The number of hydrogen-bond donors (Lipinski definition) is 0. The van der Waals surface area contributed by atoms with Gasteiger partial charge in [-0.15, -0.1) is 11.3 Å². The molecule has 8 nitrogen and oxygen atoms in total. The Labute approximate surface area is 172 Å². The molecule has 0 fully saturated rings. The van der Waals surface area contributed by atoms with Gasteiger partial charge in [0.2, 0.25) is 15.9 Å². The Balaban J connectivity index is 2.16. The molecule has 0 bridgehead atoms. The molecule has 1 aromatic carbocycles. The molecule has 28 heavy (non-hydrogen) atoms. The lowest BCUT2D eigenvalue weighted by molar-refractivity contribution is -0.116. The molecule has 0 saturated heterocycles. The van der Waals surface area contributed by atoms with Gasteiger partial charge in [-0.25, -0.2) is 22.5 Å². The zero-order valence-electron chi connectivity index (χ0n) is 15.8. The van der Waals surface area contributed by atoms with Crippen molar-refractivity contribution in [2.45, 2.75) is 25.3 Å². The first-order valence-electron chi connectivity index (χ1n) is 8.19. The molecule has 0 aliphatic carbocycles. The molecule has 0 aliphatic rings. The molecular weight excluding hydrogens is 426 g/mol. The molecule has 0 unspecified atom stereocenters. The second-order valence-corrected chi connectivity index (χ2v) is 9.29. The lowest BCUT2D eigenvalue weighted by Gasteiger charge is -2.14. The normalized spacial score (nSPS) is 11.5. The standard InChI is InChI=1S/C17H20ClN3O5S2/c1-5-21(11(2)22)17-19-12(10-27-17)9-26-16(23)14-8-13(6-7-15(14)18)28(24,25)20(3)4/h6-8,10H,5,9H2,1-4H3. The topological polar surface area (TPSA) is 96.9 Å². The number of aromatic nitrogens is 1. The van der Waals surface area contributed by atoms with Gasteiger partial charge in [-0.2, -0.15) is 0 Å². The Morgan fingerprint density at radius 3 is 2.54 bits per heavy atom. The number of nitrogens with zero attached hydrogens (tertiary/aromatic N) is 3. The zero-order valence-corrected chi connectivity index (χ0v) is 18.2. The van der Waals surface area contributed by atoms with Crippen molar-refractivity contribution in [2.24, 2.45) is 0 Å². The van der Waals surface area contributed by atoms with Crippen LogP contribution in [0.5, 0.6) is 0 Å². The van der Waals surface area contributed by atoms with E-state index in [1.54, 1.807) is 5.38 Å². The van der Waals surface area contributed by atoms with E-state index in [0.717, 1.165) is 4.31 Å². The van der Waals surface area contributed by atoms with Crippen LogP contribution >= 0.6 is 22.9 Å². The fourth-order valence-corrected chi connectivity index (χ4v) is 4.27. The highest BCUT2D eigenvalue weighted by Crippen LogP contribution is 2.24. The summed E-state index contributed by atoms with van der Waals surface area (Å²) >= 11 is 7.30. The van der Waals surface area contributed by atoms with Crippen LogP contribution in [0.4, 0.5) is 5.13 Å². The van der Waals surface area contributed by atoms with Gasteiger partial charge in [0.15, 0.2) is 5.13 Å². The van der Waals surface area contributed by atoms with Crippen LogP contribution in [0, 0.1) is 0 Å². The number of esters is 1. The van der Waals surface area contributed by atoms with Gasteiger partial charge in [-0.3, -0.25) is 9.69 Å². The first-order chi connectivity index (χ1) is 13.1. The lowest BCUT2D eigenvalue weighted by Crippen LogP contribution is -2.27. The minimum atomic E-state index is -3.72. The highest BCUT2D eigenvalue weighted by atomic mass is 35.5. The van der Waals surface area contributed by atoms with Crippen LogP contribution in [0.2, 0.25) is 5.02 Å². The molecule has 0 aliphatic heterocycles. The van der Waals surface area contributed by atoms with Crippen LogP contribution in [-0.2, 0) is 26.2 Å². The molecule has 0 N–H and O–H groups in total. The number of anilines is 1. The van der Waals surface area contributed by atoms with Crippen LogP contribution in [0.1, 0.15) is 29.9 Å². The van der Waals surface area contributed by atoms with Crippen molar-refractivity contribution in [2.75, 3.05) is 25.5 Å². The summed E-state index contributed by atoms with van der Waals surface area (Å²) in [7, 11) is -0.933. The summed E-state index contributed by atoms with van der Waals surface area (Å²) in [6.07, 6.45) is 0. The third-order valence-corrected chi connectivity index (χ3v) is 6.81. The minimum absolute atomic E-state index is 0.0565. The van der Waals surface area contributed by atoms with E-state index in [2.05, 4.69) is 4.98 Å². The second-order valence-electron chi connectivity index (χ2n) is 5.89. The van der Waals surface area contributed by atoms with E-state index >= 15 is 0 Å². The first-order valence-corrected chi connectivity index (χ1v) is 10.9. The number of carbonyl (C=O) groups excluding carboxylic acids is 2. The monoisotopic (exact) mass is 445 g/mol. The molecule has 11 heteroatoms. The summed E-state index contributed by atoms with van der Waals surface area (Å²) in [5.41, 5.74) is 0.417. The number of carbonyl (C=O) groups is 2. The van der Waals surface area contributed by atoms with Gasteiger partial charge in [0.25, 0.3) is 0 Å². The van der Waals surface area contributed by atoms with E-state index < -0.39 is 16.0 Å². The van der Waals surface area contributed by atoms with Gasteiger partial charge in [0.05, 0.1) is 21.2 Å². The summed E-state index contributed by atoms with van der Waals surface area (Å²) in [4.78, 5) is 29.7. The molecule has 152 valence electrons. The summed E-state index contributed by atoms with van der Waals surface area (Å²) in [5, 5.41) is 2.27. The predicted octanol–water partition coefficient (Wildman–Crippen LogP) is 2.78. The molecule has 2 aromatic rings. The lowest BCUT2D eigenvalue weighted by atomic mass is 10.2. The van der Waals surface area contributed by atoms with Crippen LogP contribution in [0.3, 0.4) is 0 Å². The first kappa shape index (κ1) is 22.3. The maximum atomic E-state index is 12.4. The van der Waals surface area contributed by atoms with E-state index in [1.807, 2.05) is 6.92 Å². The van der Waals surface area contributed by atoms with Crippen LogP contribution in [0.15, 0.2) is 28.5 Å². The number of rotatable bonds is 7. The Kier molecular flexibility index (Phi) is 7.16. The molecule has 0 radical (unpaired) electrons. The Morgan fingerprint density at radius 2 is 1.96 bits per heavy atom. The van der Waals surface area contributed by atoms with Crippen molar-refractivity contribution < 1.29 is 22.7 Å². The number of thiazole rings is 1. The second kappa shape index (κ2) is 8.99. The van der Waals surface area contributed by atoms with Gasteiger partial charge in [0, 0.05) is 32.9 Å². The average molecular weight is 446 g/mol. The summed E-state index contributed by atoms with van der Waals surface area (Å²) in [5.74, 6) is -0.902. The molecule has 1 heterocycles. The Bertz CT molecular complexity index is 988. The van der Waals surface area contributed by atoms with Crippen LogP contribution < -0.4 is 4.90 Å². The van der Waals surface area contributed by atoms with Crippen molar-refractivity contribution in [1.29, 1.82) is 0 Å².